The Morgan fingerprint density at radius 2 is 1.88 bits per heavy atom. The van der Waals surface area contributed by atoms with Crippen LogP contribution in [-0.2, 0) is 4.79 Å². The van der Waals surface area contributed by atoms with E-state index in [1.807, 2.05) is 47.4 Å². The molecule has 0 saturated heterocycles. The van der Waals surface area contributed by atoms with E-state index in [0.717, 1.165) is 28.3 Å². The summed E-state index contributed by atoms with van der Waals surface area (Å²) in [4.78, 5) is 14.6. The molecule has 1 aliphatic heterocycles. The molecule has 3 rings (SSSR count). The van der Waals surface area contributed by atoms with E-state index in [1.165, 1.54) is 0 Å². The molecule has 2 nitrogen and oxygen atoms in total. The average Bonchev–Trinajstić information content (AvgIpc) is 2.66. The Hall–Kier alpha value is -1.51. The van der Waals surface area contributed by atoms with Gasteiger partial charge in [-0.15, -0.1) is 0 Å². The van der Waals surface area contributed by atoms with E-state index in [1.54, 1.807) is 0 Å². The molecule has 0 radical (unpaired) electrons. The van der Waals surface area contributed by atoms with Crippen molar-refractivity contribution < 1.29 is 4.79 Å². The van der Waals surface area contributed by atoms with Crippen molar-refractivity contribution in [3.8, 4) is 0 Å². The van der Waals surface area contributed by atoms with Gasteiger partial charge in [-0.1, -0.05) is 55.2 Å². The van der Waals surface area contributed by atoms with Crippen LogP contribution in [0.1, 0.15) is 43.7 Å². The van der Waals surface area contributed by atoms with Crippen molar-refractivity contribution in [2.24, 2.45) is 5.92 Å². The minimum atomic E-state index is 0.0773. The van der Waals surface area contributed by atoms with Gasteiger partial charge in [-0.05, 0) is 47.7 Å². The maximum Gasteiger partial charge on any atom is 0.227 e. The van der Waals surface area contributed by atoms with Crippen LogP contribution in [0.3, 0.4) is 0 Å². The third kappa shape index (κ3) is 3.45. The lowest BCUT2D eigenvalue weighted by Crippen LogP contribution is -2.33. The summed E-state index contributed by atoms with van der Waals surface area (Å²) in [6.45, 7) is 4.96. The summed E-state index contributed by atoms with van der Waals surface area (Å²) < 4.78 is 0. The molecule has 0 aromatic heterocycles. The number of hydrogen-bond acceptors (Lipinski definition) is 1. The molecule has 24 heavy (non-hydrogen) atoms. The van der Waals surface area contributed by atoms with E-state index >= 15 is 0 Å². The molecule has 0 saturated carbocycles. The summed E-state index contributed by atoms with van der Waals surface area (Å²) in [6, 6.07) is 13.7. The summed E-state index contributed by atoms with van der Waals surface area (Å²) in [5, 5.41) is 1.42. The van der Waals surface area contributed by atoms with Gasteiger partial charge < -0.3 is 4.90 Å². The monoisotopic (exact) mass is 361 g/mol. The summed E-state index contributed by atoms with van der Waals surface area (Å²) in [5.74, 6) is 0.643. The van der Waals surface area contributed by atoms with Crippen LogP contribution < -0.4 is 4.90 Å². The van der Waals surface area contributed by atoms with Crippen LogP contribution in [0.15, 0.2) is 42.5 Å². The number of amides is 1. The van der Waals surface area contributed by atoms with Gasteiger partial charge in [0.25, 0.3) is 0 Å². The average molecular weight is 362 g/mol. The van der Waals surface area contributed by atoms with E-state index in [-0.39, 0.29) is 11.8 Å². The molecular formula is C20H21Cl2NO. The highest BCUT2D eigenvalue weighted by molar-refractivity contribution is 6.31. The minimum absolute atomic E-state index is 0.0773. The van der Waals surface area contributed by atoms with Crippen molar-refractivity contribution in [1.82, 2.24) is 0 Å². The fraction of sp³-hybridized carbons (Fsp3) is 0.350. The van der Waals surface area contributed by atoms with Gasteiger partial charge in [0.05, 0.1) is 0 Å². The summed E-state index contributed by atoms with van der Waals surface area (Å²) in [7, 11) is 0. The zero-order valence-electron chi connectivity index (χ0n) is 13.9. The number of benzene rings is 2. The highest BCUT2D eigenvalue weighted by atomic mass is 35.5. The van der Waals surface area contributed by atoms with Gasteiger partial charge in [0, 0.05) is 34.6 Å². The Morgan fingerprint density at radius 3 is 2.58 bits per heavy atom. The second-order valence-electron chi connectivity index (χ2n) is 6.71. The number of halogens is 2. The van der Waals surface area contributed by atoms with E-state index < -0.39 is 0 Å². The van der Waals surface area contributed by atoms with Gasteiger partial charge in [0.2, 0.25) is 5.91 Å². The smallest absolute Gasteiger partial charge is 0.227 e. The molecule has 1 atom stereocenters. The molecule has 1 aliphatic rings. The van der Waals surface area contributed by atoms with Gasteiger partial charge in [-0.2, -0.15) is 0 Å². The van der Waals surface area contributed by atoms with E-state index in [0.29, 0.717) is 23.9 Å². The topological polar surface area (TPSA) is 20.3 Å². The molecule has 0 bridgehead atoms. The third-order valence-electron chi connectivity index (χ3n) is 4.43. The van der Waals surface area contributed by atoms with Gasteiger partial charge in [0.15, 0.2) is 0 Å². The normalized spacial score (nSPS) is 17.8. The molecule has 0 spiro atoms. The van der Waals surface area contributed by atoms with Gasteiger partial charge in [-0.3, -0.25) is 4.79 Å². The van der Waals surface area contributed by atoms with Crippen molar-refractivity contribution in [3.05, 3.63) is 63.6 Å². The molecule has 1 unspecified atom stereocenters. The Bertz CT molecular complexity index is 757. The maximum absolute atomic E-state index is 12.7. The summed E-state index contributed by atoms with van der Waals surface area (Å²) in [5.41, 5.74) is 3.10. The number of rotatable bonds is 3. The fourth-order valence-electron chi connectivity index (χ4n) is 3.39. The summed E-state index contributed by atoms with van der Waals surface area (Å²) >= 11 is 12.7. The van der Waals surface area contributed by atoms with Crippen molar-refractivity contribution in [2.45, 2.75) is 32.6 Å². The highest BCUT2D eigenvalue weighted by Crippen LogP contribution is 2.42. The SMILES string of the molecule is CC(C)CN1C(=O)CCC(c2ccccc2Cl)c2cc(Cl)ccc21. The number of anilines is 1. The van der Waals surface area contributed by atoms with Crippen LogP contribution in [0.5, 0.6) is 0 Å². The Kier molecular flexibility index (Phi) is 5.17. The molecule has 2 aromatic rings. The first-order valence-corrected chi connectivity index (χ1v) is 9.07. The number of carbonyl (C=O) groups is 1. The molecule has 1 amide bonds. The lowest BCUT2D eigenvalue weighted by Gasteiger charge is -2.26. The lowest BCUT2D eigenvalue weighted by molar-refractivity contribution is -0.118. The Labute approximate surface area is 153 Å². The molecule has 0 aliphatic carbocycles. The highest BCUT2D eigenvalue weighted by Gasteiger charge is 2.30. The summed E-state index contributed by atoms with van der Waals surface area (Å²) in [6.07, 6.45) is 1.25. The largest absolute Gasteiger partial charge is 0.312 e. The van der Waals surface area contributed by atoms with Gasteiger partial charge >= 0.3 is 0 Å². The van der Waals surface area contributed by atoms with Crippen LogP contribution in [0.2, 0.25) is 10.0 Å². The first kappa shape index (κ1) is 17.3. The molecule has 0 fully saturated rings. The van der Waals surface area contributed by atoms with Gasteiger partial charge in [-0.25, -0.2) is 0 Å². The molecule has 1 heterocycles. The molecule has 2 aromatic carbocycles. The molecular weight excluding hydrogens is 341 g/mol. The zero-order valence-corrected chi connectivity index (χ0v) is 15.4. The van der Waals surface area contributed by atoms with Gasteiger partial charge in [0.1, 0.15) is 0 Å². The van der Waals surface area contributed by atoms with Crippen molar-refractivity contribution >= 4 is 34.8 Å². The number of fused-ring (bicyclic) bond motifs is 1. The van der Waals surface area contributed by atoms with Crippen molar-refractivity contribution in [1.29, 1.82) is 0 Å². The van der Waals surface area contributed by atoms with Crippen LogP contribution >= 0.6 is 23.2 Å². The lowest BCUT2D eigenvalue weighted by atomic mass is 9.87. The van der Waals surface area contributed by atoms with Crippen molar-refractivity contribution in [2.75, 3.05) is 11.4 Å². The number of nitrogens with zero attached hydrogens (tertiary/aromatic N) is 1. The molecule has 0 N–H and O–H groups in total. The molecule has 126 valence electrons. The molecule has 4 heteroatoms. The fourth-order valence-corrected chi connectivity index (χ4v) is 3.84. The second kappa shape index (κ2) is 7.16. The third-order valence-corrected chi connectivity index (χ3v) is 5.01. The first-order valence-electron chi connectivity index (χ1n) is 8.31. The Morgan fingerprint density at radius 1 is 1.12 bits per heavy atom. The standard InChI is InChI=1S/C20H21Cl2NO/c1-13(2)12-23-19-9-7-14(21)11-17(19)15(8-10-20(23)24)16-5-3-4-6-18(16)22/h3-7,9,11,13,15H,8,10,12H2,1-2H3. The van der Waals surface area contributed by atoms with E-state index in [4.69, 9.17) is 23.2 Å². The number of hydrogen-bond donors (Lipinski definition) is 0. The second-order valence-corrected chi connectivity index (χ2v) is 7.56. The predicted octanol–water partition coefficient (Wildman–Crippen LogP) is 5.91. The predicted molar refractivity (Wildman–Crippen MR) is 101 cm³/mol. The van der Waals surface area contributed by atoms with Crippen LogP contribution in [0.25, 0.3) is 0 Å². The van der Waals surface area contributed by atoms with Crippen LogP contribution in [0.4, 0.5) is 5.69 Å². The van der Waals surface area contributed by atoms with Crippen LogP contribution in [0, 0.1) is 5.92 Å². The number of carbonyl (C=O) groups excluding carboxylic acids is 1. The van der Waals surface area contributed by atoms with E-state index in [2.05, 4.69) is 13.8 Å². The van der Waals surface area contributed by atoms with Crippen molar-refractivity contribution in [3.63, 3.8) is 0 Å². The van der Waals surface area contributed by atoms with Crippen LogP contribution in [-0.4, -0.2) is 12.5 Å². The first-order chi connectivity index (χ1) is 11.5. The zero-order chi connectivity index (χ0) is 17.3. The minimum Gasteiger partial charge on any atom is -0.312 e. The Balaban J connectivity index is 2.15. The maximum atomic E-state index is 12.7. The van der Waals surface area contributed by atoms with E-state index in [9.17, 15) is 4.79 Å². The quantitative estimate of drug-likeness (QED) is 0.665.